The number of methoxy groups -OCH3 is 2. The van der Waals surface area contributed by atoms with Crippen molar-refractivity contribution in [3.63, 3.8) is 0 Å². The summed E-state index contributed by atoms with van der Waals surface area (Å²) in [6, 6.07) is 9.92. The van der Waals surface area contributed by atoms with Gasteiger partial charge in [0.05, 0.1) is 14.2 Å². The highest BCUT2D eigenvalue weighted by Gasteiger charge is 2.10. The molecule has 0 saturated carbocycles. The van der Waals surface area contributed by atoms with Crippen molar-refractivity contribution < 1.29 is 37.4 Å². The molecule has 0 aliphatic rings. The first-order valence-electron chi connectivity index (χ1n) is 7.89. The topological polar surface area (TPSA) is 83.1 Å². The lowest BCUT2D eigenvalue weighted by atomic mass is 10.2. The molecule has 148 valence electrons. The number of ether oxygens (including phenoxy) is 3. The van der Waals surface area contributed by atoms with Crippen LogP contribution in [0, 0.1) is 0 Å². The zero-order valence-electron chi connectivity index (χ0n) is 15.0. The number of amides is 1. The summed E-state index contributed by atoms with van der Waals surface area (Å²) in [4.78, 5) is 28.2. The van der Waals surface area contributed by atoms with Gasteiger partial charge in [-0.15, -0.1) is 0 Å². The van der Waals surface area contributed by atoms with Gasteiger partial charge < -0.3 is 19.0 Å². The SMILES string of the molecule is COc1ccc(/C=C/C(=O)ONC(=O)c2ccc(OC(F)F)cc2)cc1OC. The number of alkyl halides is 2. The molecule has 0 bridgehead atoms. The number of rotatable bonds is 7. The van der Waals surface area contributed by atoms with Crippen LogP contribution in [0.5, 0.6) is 17.2 Å². The molecule has 0 fully saturated rings. The van der Waals surface area contributed by atoms with E-state index in [0.717, 1.165) is 6.08 Å². The molecule has 2 aromatic carbocycles. The van der Waals surface area contributed by atoms with Gasteiger partial charge in [-0.3, -0.25) is 4.79 Å². The van der Waals surface area contributed by atoms with E-state index in [1.54, 1.807) is 18.2 Å². The Morgan fingerprint density at radius 1 is 1.00 bits per heavy atom. The number of halogens is 2. The Morgan fingerprint density at radius 3 is 2.29 bits per heavy atom. The molecule has 1 N–H and O–H groups in total. The summed E-state index contributed by atoms with van der Waals surface area (Å²) in [5.41, 5.74) is 2.71. The quantitative estimate of drug-likeness (QED) is 0.575. The number of benzene rings is 2. The average Bonchev–Trinajstić information content (AvgIpc) is 2.70. The van der Waals surface area contributed by atoms with Crippen molar-refractivity contribution in [1.29, 1.82) is 0 Å². The van der Waals surface area contributed by atoms with Gasteiger partial charge in [0.1, 0.15) is 5.75 Å². The minimum absolute atomic E-state index is 0.0956. The van der Waals surface area contributed by atoms with Crippen molar-refractivity contribution in [2.45, 2.75) is 6.61 Å². The molecule has 7 nitrogen and oxygen atoms in total. The number of hydrogen-bond donors (Lipinski definition) is 1. The summed E-state index contributed by atoms with van der Waals surface area (Å²) >= 11 is 0. The van der Waals surface area contributed by atoms with Gasteiger partial charge >= 0.3 is 12.6 Å². The van der Waals surface area contributed by atoms with E-state index in [2.05, 4.69) is 9.57 Å². The number of hydroxylamine groups is 1. The van der Waals surface area contributed by atoms with E-state index in [-0.39, 0.29) is 11.3 Å². The van der Waals surface area contributed by atoms with Crippen LogP contribution in [0.1, 0.15) is 15.9 Å². The summed E-state index contributed by atoms with van der Waals surface area (Å²) in [5.74, 6) is -0.608. The number of carbonyl (C=O) groups excluding carboxylic acids is 2. The Hall–Kier alpha value is -3.62. The molecule has 0 heterocycles. The summed E-state index contributed by atoms with van der Waals surface area (Å²) < 4.78 is 38.6. The zero-order chi connectivity index (χ0) is 20.5. The maximum Gasteiger partial charge on any atom is 0.387 e. The number of hydrogen-bond acceptors (Lipinski definition) is 6. The van der Waals surface area contributed by atoms with Crippen molar-refractivity contribution >= 4 is 18.0 Å². The first-order chi connectivity index (χ1) is 13.4. The molecular formula is C19H17F2NO6. The second kappa shape index (κ2) is 9.91. The van der Waals surface area contributed by atoms with E-state index in [1.807, 2.05) is 5.48 Å². The Bertz CT molecular complexity index is 852. The van der Waals surface area contributed by atoms with Crippen LogP contribution >= 0.6 is 0 Å². The third-order valence-corrected chi connectivity index (χ3v) is 3.41. The highest BCUT2D eigenvalue weighted by Crippen LogP contribution is 2.27. The highest BCUT2D eigenvalue weighted by molar-refractivity contribution is 5.95. The van der Waals surface area contributed by atoms with Gasteiger partial charge in [-0.1, -0.05) is 6.07 Å². The normalized spacial score (nSPS) is 10.6. The van der Waals surface area contributed by atoms with Gasteiger partial charge in [0.15, 0.2) is 11.5 Å². The molecular weight excluding hydrogens is 376 g/mol. The monoisotopic (exact) mass is 393 g/mol. The molecule has 0 aromatic heterocycles. The molecule has 0 unspecified atom stereocenters. The average molecular weight is 393 g/mol. The lowest BCUT2D eigenvalue weighted by Crippen LogP contribution is -2.26. The van der Waals surface area contributed by atoms with Crippen LogP contribution in [-0.4, -0.2) is 32.7 Å². The molecule has 28 heavy (non-hydrogen) atoms. The minimum atomic E-state index is -2.96. The summed E-state index contributed by atoms with van der Waals surface area (Å²) in [7, 11) is 2.99. The Kier molecular flexibility index (Phi) is 7.32. The smallest absolute Gasteiger partial charge is 0.387 e. The Labute approximate surface area is 159 Å². The molecule has 0 aliphatic heterocycles. The second-order valence-corrected chi connectivity index (χ2v) is 5.20. The molecule has 0 aliphatic carbocycles. The van der Waals surface area contributed by atoms with E-state index in [4.69, 9.17) is 9.47 Å². The minimum Gasteiger partial charge on any atom is -0.493 e. The fraction of sp³-hybridized carbons (Fsp3) is 0.158. The van der Waals surface area contributed by atoms with Crippen LogP contribution in [0.25, 0.3) is 6.08 Å². The lowest BCUT2D eigenvalue weighted by molar-refractivity contribution is -0.142. The van der Waals surface area contributed by atoms with Crippen LogP contribution in [0.2, 0.25) is 0 Å². The van der Waals surface area contributed by atoms with E-state index in [1.165, 1.54) is 44.6 Å². The van der Waals surface area contributed by atoms with Crippen molar-refractivity contribution in [3.8, 4) is 17.2 Å². The van der Waals surface area contributed by atoms with E-state index >= 15 is 0 Å². The van der Waals surface area contributed by atoms with Crippen LogP contribution < -0.4 is 19.7 Å². The lowest BCUT2D eigenvalue weighted by Gasteiger charge is -2.07. The maximum absolute atomic E-state index is 12.1. The van der Waals surface area contributed by atoms with Gasteiger partial charge in [0.25, 0.3) is 5.91 Å². The maximum atomic E-state index is 12.1. The first-order valence-corrected chi connectivity index (χ1v) is 7.89. The third-order valence-electron chi connectivity index (χ3n) is 3.41. The number of carbonyl (C=O) groups is 2. The van der Waals surface area contributed by atoms with Gasteiger partial charge in [0.2, 0.25) is 0 Å². The van der Waals surface area contributed by atoms with Crippen molar-refractivity contribution in [1.82, 2.24) is 5.48 Å². The highest BCUT2D eigenvalue weighted by atomic mass is 19.3. The predicted octanol–water partition coefficient (Wildman–Crippen LogP) is 3.21. The van der Waals surface area contributed by atoms with E-state index < -0.39 is 18.5 Å². The molecule has 0 radical (unpaired) electrons. The van der Waals surface area contributed by atoms with Gasteiger partial charge in [-0.05, 0) is 48.0 Å². The van der Waals surface area contributed by atoms with Gasteiger partial charge in [-0.25, -0.2) is 4.79 Å². The van der Waals surface area contributed by atoms with Crippen LogP contribution in [-0.2, 0) is 9.63 Å². The van der Waals surface area contributed by atoms with Gasteiger partial charge in [0, 0.05) is 11.6 Å². The Morgan fingerprint density at radius 2 is 1.68 bits per heavy atom. The zero-order valence-corrected chi connectivity index (χ0v) is 15.0. The fourth-order valence-electron chi connectivity index (χ4n) is 2.10. The number of nitrogens with one attached hydrogen (secondary N) is 1. The summed E-state index contributed by atoms with van der Waals surface area (Å²) in [5, 5.41) is 0. The summed E-state index contributed by atoms with van der Waals surface area (Å²) in [6.45, 7) is -2.96. The molecule has 1 amide bonds. The van der Waals surface area contributed by atoms with Crippen LogP contribution in [0.4, 0.5) is 8.78 Å². The molecule has 0 spiro atoms. The van der Waals surface area contributed by atoms with Crippen molar-refractivity contribution in [2.75, 3.05) is 14.2 Å². The van der Waals surface area contributed by atoms with Gasteiger partial charge in [-0.2, -0.15) is 14.3 Å². The Balaban J connectivity index is 1.89. The fourth-order valence-corrected chi connectivity index (χ4v) is 2.10. The predicted molar refractivity (Wildman–Crippen MR) is 95.2 cm³/mol. The summed E-state index contributed by atoms with van der Waals surface area (Å²) in [6.07, 6.45) is 2.58. The standard InChI is InChI=1S/C19H17F2NO6/c1-25-15-9-3-12(11-16(15)26-2)4-10-17(23)28-22-18(24)13-5-7-14(8-6-13)27-19(20)21/h3-11,19H,1-2H3,(H,22,24)/b10-4+. The van der Waals surface area contributed by atoms with E-state index in [0.29, 0.717) is 17.1 Å². The van der Waals surface area contributed by atoms with Crippen molar-refractivity contribution in [3.05, 3.63) is 59.7 Å². The molecule has 0 atom stereocenters. The van der Waals surface area contributed by atoms with Crippen LogP contribution in [0.15, 0.2) is 48.5 Å². The molecule has 2 rings (SSSR count). The van der Waals surface area contributed by atoms with E-state index in [9.17, 15) is 18.4 Å². The molecule has 2 aromatic rings. The van der Waals surface area contributed by atoms with Crippen LogP contribution in [0.3, 0.4) is 0 Å². The second-order valence-electron chi connectivity index (χ2n) is 5.20. The largest absolute Gasteiger partial charge is 0.493 e. The molecule has 9 heteroatoms. The third kappa shape index (κ3) is 5.97. The first kappa shape index (κ1) is 20.7. The molecule has 0 saturated heterocycles. The van der Waals surface area contributed by atoms with Crippen molar-refractivity contribution in [2.24, 2.45) is 0 Å².